The summed E-state index contributed by atoms with van der Waals surface area (Å²) in [5, 5.41) is 9.62. The van der Waals surface area contributed by atoms with E-state index in [1.54, 1.807) is 0 Å². The number of nitrogens with zero attached hydrogens (tertiary/aromatic N) is 1. The zero-order valence-electron chi connectivity index (χ0n) is 6.66. The molecule has 0 radical (unpaired) electrons. The van der Waals surface area contributed by atoms with Crippen molar-refractivity contribution >= 4 is 17.3 Å². The second-order valence-corrected chi connectivity index (χ2v) is 2.63. The average Bonchev–Trinajstić information content (AvgIpc) is 1.97. The molecule has 0 saturated heterocycles. The molecule has 0 bridgehead atoms. The van der Waals surface area contributed by atoms with Gasteiger partial charge in [0.15, 0.2) is 5.11 Å². The number of hydrogen-bond acceptors (Lipinski definition) is 2. The monoisotopic (exact) mass is 174 g/mol. The number of hydroxylamine groups is 2. The fourth-order valence-corrected chi connectivity index (χ4v) is 0.631. The first-order valence-corrected chi connectivity index (χ1v) is 4.03. The Labute approximate surface area is 72.4 Å². The second-order valence-electron chi connectivity index (χ2n) is 2.21. The Hall–Kier alpha value is -0.610. The predicted molar refractivity (Wildman–Crippen MR) is 49.1 cm³/mol. The molecule has 0 aromatic heterocycles. The highest BCUT2D eigenvalue weighted by Gasteiger charge is 1.92. The van der Waals surface area contributed by atoms with Gasteiger partial charge in [0.25, 0.3) is 0 Å². The van der Waals surface area contributed by atoms with Crippen molar-refractivity contribution in [3.63, 3.8) is 0 Å². The van der Waals surface area contributed by atoms with Crippen LogP contribution in [0.15, 0.2) is 12.3 Å². The molecule has 0 atom stereocenters. The normalized spacial score (nSPS) is 10.4. The number of nitrogens with two attached hydrogens (primary N) is 1. The smallest absolute Gasteiger partial charge is 0.194 e. The minimum absolute atomic E-state index is 0.0299. The summed E-state index contributed by atoms with van der Waals surface area (Å²) in [6.07, 6.45) is 6.50. The van der Waals surface area contributed by atoms with Crippen molar-refractivity contribution in [1.82, 2.24) is 5.06 Å². The largest absolute Gasteiger partial charge is 0.374 e. The Morgan fingerprint density at radius 1 is 1.73 bits per heavy atom. The van der Waals surface area contributed by atoms with Gasteiger partial charge in [-0.05, 0) is 18.6 Å². The SMILES string of the molecule is CCCCC=CN(O)C(N)=S. The van der Waals surface area contributed by atoms with Gasteiger partial charge in [0.1, 0.15) is 0 Å². The summed E-state index contributed by atoms with van der Waals surface area (Å²) >= 11 is 4.50. The van der Waals surface area contributed by atoms with Crippen molar-refractivity contribution < 1.29 is 5.21 Å². The summed E-state index contributed by atoms with van der Waals surface area (Å²) in [6.45, 7) is 2.11. The van der Waals surface area contributed by atoms with E-state index in [1.807, 2.05) is 6.08 Å². The maximum absolute atomic E-state index is 8.91. The number of rotatable bonds is 4. The molecule has 0 saturated carbocycles. The van der Waals surface area contributed by atoms with Crippen LogP contribution in [0.4, 0.5) is 0 Å². The van der Waals surface area contributed by atoms with Crippen LogP contribution in [0.5, 0.6) is 0 Å². The average molecular weight is 174 g/mol. The third-order valence-electron chi connectivity index (χ3n) is 1.20. The maximum atomic E-state index is 8.91. The van der Waals surface area contributed by atoms with Gasteiger partial charge < -0.3 is 5.73 Å². The van der Waals surface area contributed by atoms with Crippen molar-refractivity contribution in [2.75, 3.05) is 0 Å². The Morgan fingerprint density at radius 2 is 2.36 bits per heavy atom. The van der Waals surface area contributed by atoms with E-state index in [9.17, 15) is 0 Å². The predicted octanol–water partition coefficient (Wildman–Crippen LogP) is 1.63. The van der Waals surface area contributed by atoms with Crippen molar-refractivity contribution in [2.45, 2.75) is 26.2 Å². The van der Waals surface area contributed by atoms with Gasteiger partial charge in [0.2, 0.25) is 0 Å². The minimum atomic E-state index is -0.0299. The number of hydrogen-bond donors (Lipinski definition) is 2. The van der Waals surface area contributed by atoms with Crippen molar-refractivity contribution in [3.05, 3.63) is 12.3 Å². The molecular formula is C7H14N2OS. The first-order valence-electron chi connectivity index (χ1n) is 3.62. The van der Waals surface area contributed by atoms with Crippen LogP contribution in [0.1, 0.15) is 26.2 Å². The molecule has 0 fully saturated rings. The highest BCUT2D eigenvalue weighted by Crippen LogP contribution is 1.95. The van der Waals surface area contributed by atoms with Crippen LogP contribution in [0, 0.1) is 0 Å². The quantitative estimate of drug-likeness (QED) is 0.386. The van der Waals surface area contributed by atoms with E-state index in [0.717, 1.165) is 24.3 Å². The van der Waals surface area contributed by atoms with E-state index in [-0.39, 0.29) is 5.11 Å². The maximum Gasteiger partial charge on any atom is 0.194 e. The molecule has 0 aromatic carbocycles. The Kier molecular flexibility index (Phi) is 5.78. The van der Waals surface area contributed by atoms with Crippen molar-refractivity contribution in [3.8, 4) is 0 Å². The van der Waals surface area contributed by atoms with Crippen LogP contribution in [-0.2, 0) is 0 Å². The molecule has 0 heterocycles. The molecule has 0 aliphatic rings. The van der Waals surface area contributed by atoms with E-state index >= 15 is 0 Å². The van der Waals surface area contributed by atoms with Gasteiger partial charge in [-0.15, -0.1) is 0 Å². The van der Waals surface area contributed by atoms with Gasteiger partial charge in [-0.2, -0.15) is 0 Å². The van der Waals surface area contributed by atoms with Gasteiger partial charge in [0, 0.05) is 6.20 Å². The molecule has 0 aliphatic carbocycles. The zero-order valence-corrected chi connectivity index (χ0v) is 7.47. The number of unbranched alkanes of at least 4 members (excludes halogenated alkanes) is 2. The fourth-order valence-electron chi connectivity index (χ4n) is 0.570. The van der Waals surface area contributed by atoms with Crippen LogP contribution < -0.4 is 5.73 Å². The van der Waals surface area contributed by atoms with E-state index in [2.05, 4.69) is 19.1 Å². The summed E-state index contributed by atoms with van der Waals surface area (Å²) in [7, 11) is 0. The summed E-state index contributed by atoms with van der Waals surface area (Å²) in [4.78, 5) is 0. The lowest BCUT2D eigenvalue weighted by Crippen LogP contribution is -2.27. The molecule has 64 valence electrons. The standard InChI is InChI=1S/C7H14N2OS/c1-2-3-4-5-6-9(10)7(8)11/h5-6,10H,2-4H2,1H3,(H2,8,11). The van der Waals surface area contributed by atoms with Crippen LogP contribution in [-0.4, -0.2) is 15.4 Å². The van der Waals surface area contributed by atoms with E-state index < -0.39 is 0 Å². The molecular weight excluding hydrogens is 160 g/mol. The van der Waals surface area contributed by atoms with Crippen LogP contribution in [0.3, 0.4) is 0 Å². The molecule has 0 aliphatic heterocycles. The Bertz CT molecular complexity index is 147. The third kappa shape index (κ3) is 5.82. The third-order valence-corrected chi connectivity index (χ3v) is 1.38. The van der Waals surface area contributed by atoms with Gasteiger partial charge in [-0.3, -0.25) is 5.21 Å². The molecule has 11 heavy (non-hydrogen) atoms. The second kappa shape index (κ2) is 6.12. The van der Waals surface area contributed by atoms with E-state index in [4.69, 9.17) is 10.9 Å². The Balaban J connectivity index is 3.48. The van der Waals surface area contributed by atoms with Crippen LogP contribution in [0.2, 0.25) is 0 Å². The van der Waals surface area contributed by atoms with Gasteiger partial charge in [-0.25, -0.2) is 5.06 Å². The lowest BCUT2D eigenvalue weighted by molar-refractivity contribution is 0.0390. The molecule has 0 spiro atoms. The van der Waals surface area contributed by atoms with Gasteiger partial charge in [0.05, 0.1) is 0 Å². The van der Waals surface area contributed by atoms with Gasteiger partial charge in [-0.1, -0.05) is 25.8 Å². The molecule has 0 rings (SSSR count). The van der Waals surface area contributed by atoms with Crippen molar-refractivity contribution in [1.29, 1.82) is 0 Å². The lowest BCUT2D eigenvalue weighted by atomic mass is 10.2. The first-order chi connectivity index (χ1) is 5.18. The Morgan fingerprint density at radius 3 is 2.82 bits per heavy atom. The van der Waals surface area contributed by atoms with Crippen LogP contribution in [0.25, 0.3) is 0 Å². The molecule has 0 unspecified atom stereocenters. The number of allylic oxidation sites excluding steroid dienone is 1. The molecule has 0 aromatic rings. The van der Waals surface area contributed by atoms with Crippen molar-refractivity contribution in [2.24, 2.45) is 5.73 Å². The highest BCUT2D eigenvalue weighted by molar-refractivity contribution is 7.80. The van der Waals surface area contributed by atoms with E-state index in [0.29, 0.717) is 0 Å². The lowest BCUT2D eigenvalue weighted by Gasteiger charge is -2.06. The van der Waals surface area contributed by atoms with Crippen LogP contribution >= 0.6 is 12.2 Å². The van der Waals surface area contributed by atoms with E-state index in [1.165, 1.54) is 6.20 Å². The molecule has 4 heteroatoms. The number of thiocarbonyl (C=S) groups is 1. The summed E-state index contributed by atoms with van der Waals surface area (Å²) in [5.41, 5.74) is 5.11. The molecule has 3 N–H and O–H groups in total. The fraction of sp³-hybridized carbons (Fsp3) is 0.571. The minimum Gasteiger partial charge on any atom is -0.374 e. The molecule has 0 amide bonds. The molecule has 3 nitrogen and oxygen atoms in total. The summed E-state index contributed by atoms with van der Waals surface area (Å²) < 4.78 is 0. The highest BCUT2D eigenvalue weighted by atomic mass is 32.1. The topological polar surface area (TPSA) is 49.5 Å². The van der Waals surface area contributed by atoms with Gasteiger partial charge >= 0.3 is 0 Å². The summed E-state index contributed by atoms with van der Waals surface area (Å²) in [6, 6.07) is 0. The summed E-state index contributed by atoms with van der Waals surface area (Å²) in [5.74, 6) is 0. The first kappa shape index (κ1) is 10.4. The zero-order chi connectivity index (χ0) is 8.69.